The van der Waals surface area contributed by atoms with Crippen molar-refractivity contribution in [3.8, 4) is 11.4 Å². The Bertz CT molecular complexity index is 2030. The molecule has 3 aliphatic rings. The molecule has 272 valence electrons. The summed E-state index contributed by atoms with van der Waals surface area (Å²) >= 11 is 7.19. The van der Waals surface area contributed by atoms with E-state index in [9.17, 15) is 4.79 Å². The van der Waals surface area contributed by atoms with Crippen molar-refractivity contribution >= 4 is 23.0 Å². The molecule has 10 nitrogen and oxygen atoms in total. The van der Waals surface area contributed by atoms with Gasteiger partial charge in [-0.15, -0.1) is 0 Å². The number of piperazine rings is 1. The van der Waals surface area contributed by atoms with Crippen LogP contribution in [-0.4, -0.2) is 69.3 Å². The first-order valence-electron chi connectivity index (χ1n) is 18.0. The van der Waals surface area contributed by atoms with Gasteiger partial charge >= 0.3 is 180 Å². The molecule has 0 radical (unpaired) electrons. The first-order chi connectivity index (χ1) is 25.4. The molecule has 0 aliphatic carbocycles. The van der Waals surface area contributed by atoms with Gasteiger partial charge in [-0.3, -0.25) is 0 Å². The standard InChI is InChI=1S/C40H43ClIN6O4/c1-3-28(2)48-39(49)47(27-44-48)33-9-7-31(8-10-33)45-17-19-46(20-18-45)32-11-13-34(14-12-32)50-25-35-26-51-40(52-35,22-29-5-4-16-43-24-29)36-15-6-30(21-37(36)41)38-23-42-38/h4-16,21,24,27-28,35,38H,3,17-20,22-23,25-26H2,1-2H3/q-1. The summed E-state index contributed by atoms with van der Waals surface area (Å²) in [7, 11) is 0. The summed E-state index contributed by atoms with van der Waals surface area (Å²) in [6, 6.07) is 26.9. The fraction of sp³-hybridized carbons (Fsp3) is 0.375. The van der Waals surface area contributed by atoms with E-state index in [4.69, 9.17) is 25.8 Å². The molecule has 4 atom stereocenters. The van der Waals surface area contributed by atoms with Crippen LogP contribution in [0.1, 0.15) is 46.9 Å². The van der Waals surface area contributed by atoms with Crippen LogP contribution in [0.15, 0.2) is 102 Å². The van der Waals surface area contributed by atoms with Crippen LogP contribution in [0, 0.1) is 0 Å². The van der Waals surface area contributed by atoms with E-state index in [1.165, 1.54) is 15.7 Å². The van der Waals surface area contributed by atoms with E-state index in [-0.39, 0.29) is 39.0 Å². The number of ether oxygens (including phenoxy) is 3. The van der Waals surface area contributed by atoms with Gasteiger partial charge in [-0.05, 0) is 49.7 Å². The maximum atomic E-state index is 12.8. The summed E-state index contributed by atoms with van der Waals surface area (Å²) in [5.41, 5.74) is 6.23. The molecule has 8 rings (SSSR count). The molecule has 52 heavy (non-hydrogen) atoms. The number of alkyl halides is 2. The number of halogens is 2. The number of aromatic nitrogens is 4. The summed E-state index contributed by atoms with van der Waals surface area (Å²) in [4.78, 5) is 21.9. The summed E-state index contributed by atoms with van der Waals surface area (Å²) < 4.78 is 24.6. The molecule has 4 unspecified atom stereocenters. The van der Waals surface area contributed by atoms with Crippen molar-refractivity contribution in [2.75, 3.05) is 53.6 Å². The molecule has 12 heteroatoms. The van der Waals surface area contributed by atoms with Crippen LogP contribution >= 0.6 is 11.6 Å². The van der Waals surface area contributed by atoms with Gasteiger partial charge in [-0.25, -0.2) is 14.0 Å². The van der Waals surface area contributed by atoms with Gasteiger partial charge in [0.15, 0.2) is 0 Å². The molecule has 0 spiro atoms. The number of hydrogen-bond donors (Lipinski definition) is 0. The van der Waals surface area contributed by atoms with Crippen molar-refractivity contribution in [1.82, 2.24) is 19.3 Å². The van der Waals surface area contributed by atoms with Crippen LogP contribution in [-0.2, 0) is 21.7 Å². The number of rotatable bonds is 12. The average Bonchev–Trinajstić information content (AvgIpc) is 3.86. The van der Waals surface area contributed by atoms with Gasteiger partial charge in [0.2, 0.25) is 0 Å². The van der Waals surface area contributed by atoms with Gasteiger partial charge < -0.3 is 9.80 Å². The van der Waals surface area contributed by atoms with Crippen molar-refractivity contribution < 1.29 is 35.4 Å². The molecule has 3 saturated heterocycles. The fourth-order valence-electron chi connectivity index (χ4n) is 6.96. The fourth-order valence-corrected chi connectivity index (χ4v) is 8.96. The van der Waals surface area contributed by atoms with E-state index >= 15 is 0 Å². The quantitative estimate of drug-likeness (QED) is 0.140. The van der Waals surface area contributed by atoms with Gasteiger partial charge in [0, 0.05) is 37.6 Å². The molecule has 0 bridgehead atoms. The molecule has 3 aliphatic heterocycles. The predicted molar refractivity (Wildman–Crippen MR) is 199 cm³/mol. The Kier molecular flexibility index (Phi) is 10.3. The SMILES string of the molecule is CCC(C)n1ncn(-c2ccc(N3CCN(c4ccc(OCC5COC(Cc6cccnc6)(c6ccc(C7C[I-]7)cc6Cl)O5)cc4)CC3)cc2)c1=O. The second kappa shape index (κ2) is 15.2. The van der Waals surface area contributed by atoms with E-state index in [1.54, 1.807) is 21.8 Å². The molecular formula is C40H43ClIN6O4-. The Labute approximate surface area is 319 Å². The zero-order chi connectivity index (χ0) is 35.7. The predicted octanol–water partition coefficient (Wildman–Crippen LogP) is 3.41. The van der Waals surface area contributed by atoms with E-state index in [0.717, 1.165) is 64.8 Å². The molecule has 5 heterocycles. The molecule has 3 fully saturated rings. The first-order valence-corrected chi connectivity index (χ1v) is 21.1. The topological polar surface area (TPSA) is 86.9 Å². The Morgan fingerprint density at radius 3 is 2.31 bits per heavy atom. The van der Waals surface area contributed by atoms with E-state index in [2.05, 4.69) is 69.3 Å². The molecule has 2 aromatic heterocycles. The summed E-state index contributed by atoms with van der Waals surface area (Å²) in [5, 5.41) is 5.00. The second-order valence-electron chi connectivity index (χ2n) is 13.6. The van der Waals surface area contributed by atoms with Crippen molar-refractivity contribution in [2.45, 2.75) is 48.5 Å². The zero-order valence-corrected chi connectivity index (χ0v) is 32.3. The van der Waals surface area contributed by atoms with Crippen molar-refractivity contribution in [3.05, 3.63) is 130 Å². The van der Waals surface area contributed by atoms with E-state index in [1.807, 2.05) is 49.5 Å². The minimum atomic E-state index is -1.00. The van der Waals surface area contributed by atoms with Crippen LogP contribution in [0.4, 0.5) is 11.4 Å². The molecule has 5 aromatic rings. The van der Waals surface area contributed by atoms with Gasteiger partial charge in [0.25, 0.3) is 0 Å². The van der Waals surface area contributed by atoms with Gasteiger partial charge in [-0.1, -0.05) is 6.92 Å². The molecule has 0 amide bonds. The van der Waals surface area contributed by atoms with Gasteiger partial charge in [0.1, 0.15) is 6.33 Å². The maximum absolute atomic E-state index is 12.8. The Morgan fingerprint density at radius 2 is 1.67 bits per heavy atom. The number of hydrogen-bond acceptors (Lipinski definition) is 8. The molecule has 3 aromatic carbocycles. The average molecular weight is 834 g/mol. The number of benzene rings is 3. The van der Waals surface area contributed by atoms with Crippen molar-refractivity contribution in [3.63, 3.8) is 0 Å². The van der Waals surface area contributed by atoms with Crippen LogP contribution in [0.3, 0.4) is 0 Å². The summed E-state index contributed by atoms with van der Waals surface area (Å²) in [6.45, 7) is 8.44. The monoisotopic (exact) mass is 833 g/mol. The zero-order valence-electron chi connectivity index (χ0n) is 29.4. The Balaban J connectivity index is 0.858. The Morgan fingerprint density at radius 1 is 0.981 bits per heavy atom. The van der Waals surface area contributed by atoms with E-state index < -0.39 is 5.79 Å². The van der Waals surface area contributed by atoms with Crippen molar-refractivity contribution in [2.24, 2.45) is 0 Å². The van der Waals surface area contributed by atoms with Gasteiger partial charge in [0.05, 0.1) is 11.7 Å². The van der Waals surface area contributed by atoms with Crippen LogP contribution in [0.25, 0.3) is 5.69 Å². The van der Waals surface area contributed by atoms with Crippen LogP contribution in [0.2, 0.25) is 5.02 Å². The van der Waals surface area contributed by atoms with Crippen LogP contribution in [0.5, 0.6) is 5.75 Å². The first kappa shape index (κ1) is 35.1. The third kappa shape index (κ3) is 7.46. The molecule has 0 saturated carbocycles. The third-order valence-corrected chi connectivity index (χ3v) is 13.0. The third-order valence-electron chi connectivity index (χ3n) is 10.2. The smallest absolute Gasteiger partial charge is 0.246 e. The Hall–Kier alpha value is -3.91. The second-order valence-corrected chi connectivity index (χ2v) is 17.3. The van der Waals surface area contributed by atoms with Crippen LogP contribution < -0.4 is 41.4 Å². The minimum Gasteiger partial charge on any atom is -0.246 e. The number of pyridine rings is 1. The van der Waals surface area contributed by atoms with E-state index in [0.29, 0.717) is 24.7 Å². The molecule has 0 N–H and O–H groups in total. The summed E-state index contributed by atoms with van der Waals surface area (Å²) in [6.07, 6.45) is 6.33. The minimum absolute atomic E-state index is 0.0701. The van der Waals surface area contributed by atoms with Crippen molar-refractivity contribution in [1.29, 1.82) is 0 Å². The summed E-state index contributed by atoms with van der Waals surface area (Å²) in [5.74, 6) is -0.212. The van der Waals surface area contributed by atoms with Gasteiger partial charge in [-0.2, -0.15) is 5.10 Å². The number of nitrogens with zero attached hydrogens (tertiary/aromatic N) is 6. The molecular weight excluding hydrogens is 791 g/mol. The normalized spacial score (nSPS) is 22.2. The number of anilines is 2.